The number of hydrogen-bond acceptors (Lipinski definition) is 5. The van der Waals surface area contributed by atoms with Gasteiger partial charge in [-0.2, -0.15) is 4.98 Å². The summed E-state index contributed by atoms with van der Waals surface area (Å²) in [5.74, 6) is 2.12. The van der Waals surface area contributed by atoms with Gasteiger partial charge in [-0.05, 0) is 19.8 Å². The third-order valence-corrected chi connectivity index (χ3v) is 3.33. The fraction of sp³-hybridized carbons (Fsp3) is 0.846. The summed E-state index contributed by atoms with van der Waals surface area (Å²) < 4.78 is 5.28. The molecule has 1 N–H and O–H groups in total. The molecule has 1 aromatic heterocycles. The second-order valence-electron chi connectivity index (χ2n) is 5.79. The van der Waals surface area contributed by atoms with E-state index in [1.165, 1.54) is 0 Å². The summed E-state index contributed by atoms with van der Waals surface area (Å²) in [6.07, 6.45) is 0.862. The van der Waals surface area contributed by atoms with Gasteiger partial charge in [0.05, 0.1) is 6.54 Å². The number of rotatable bonds is 4. The second kappa shape index (κ2) is 5.80. The Morgan fingerprint density at radius 3 is 2.94 bits per heavy atom. The van der Waals surface area contributed by atoms with Gasteiger partial charge < -0.3 is 9.84 Å². The van der Waals surface area contributed by atoms with E-state index in [-0.39, 0.29) is 0 Å². The Hall–Kier alpha value is -0.940. The smallest absolute Gasteiger partial charge is 0.226 e. The van der Waals surface area contributed by atoms with Crippen molar-refractivity contribution in [2.75, 3.05) is 13.1 Å². The highest BCUT2D eigenvalue weighted by Gasteiger charge is 2.23. The molecule has 1 aromatic rings. The first-order valence-electron chi connectivity index (χ1n) is 6.83. The lowest BCUT2D eigenvalue weighted by molar-refractivity contribution is 0.134. The quantitative estimate of drug-likeness (QED) is 0.879. The third-order valence-electron chi connectivity index (χ3n) is 3.33. The second-order valence-corrected chi connectivity index (χ2v) is 5.79. The molecule has 2 rings (SSSR count). The molecule has 0 radical (unpaired) electrons. The summed E-state index contributed by atoms with van der Waals surface area (Å²) in [4.78, 5) is 6.87. The zero-order chi connectivity index (χ0) is 13.1. The molecule has 5 nitrogen and oxygen atoms in total. The van der Waals surface area contributed by atoms with Gasteiger partial charge in [0.2, 0.25) is 5.89 Å². The van der Waals surface area contributed by atoms with Crippen molar-refractivity contribution < 1.29 is 4.52 Å². The van der Waals surface area contributed by atoms with Crippen LogP contribution in [0.1, 0.15) is 39.4 Å². The Balaban J connectivity index is 1.93. The van der Waals surface area contributed by atoms with Crippen molar-refractivity contribution in [3.63, 3.8) is 0 Å². The van der Waals surface area contributed by atoms with E-state index in [0.29, 0.717) is 18.0 Å². The van der Waals surface area contributed by atoms with Crippen LogP contribution in [0.5, 0.6) is 0 Å². The lowest BCUT2D eigenvalue weighted by Gasteiger charge is -2.36. The van der Waals surface area contributed by atoms with Crippen LogP contribution in [0.15, 0.2) is 4.52 Å². The zero-order valence-corrected chi connectivity index (χ0v) is 11.8. The largest absolute Gasteiger partial charge is 0.339 e. The molecule has 0 spiro atoms. The maximum absolute atomic E-state index is 5.28. The minimum absolute atomic E-state index is 0.522. The van der Waals surface area contributed by atoms with E-state index in [1.807, 2.05) is 0 Å². The Bertz CT molecular complexity index is 377. The minimum atomic E-state index is 0.522. The third kappa shape index (κ3) is 3.53. The molecule has 5 heteroatoms. The van der Waals surface area contributed by atoms with Gasteiger partial charge in [0.15, 0.2) is 5.82 Å². The molecule has 0 aliphatic carbocycles. The summed E-state index contributed by atoms with van der Waals surface area (Å²) in [6.45, 7) is 11.6. The lowest BCUT2D eigenvalue weighted by atomic mass is 10.1. The first-order chi connectivity index (χ1) is 8.54. The van der Waals surface area contributed by atoms with Crippen LogP contribution in [0, 0.1) is 5.92 Å². The molecule has 0 saturated carbocycles. The summed E-state index contributed by atoms with van der Waals surface area (Å²) >= 11 is 0. The van der Waals surface area contributed by atoms with E-state index in [1.54, 1.807) is 0 Å². The fourth-order valence-electron chi connectivity index (χ4n) is 2.29. The van der Waals surface area contributed by atoms with Gasteiger partial charge >= 0.3 is 0 Å². The molecule has 1 saturated heterocycles. The van der Waals surface area contributed by atoms with E-state index in [2.05, 4.69) is 48.1 Å². The average Bonchev–Trinajstić information content (AvgIpc) is 2.70. The van der Waals surface area contributed by atoms with E-state index in [0.717, 1.165) is 37.8 Å². The molecule has 0 bridgehead atoms. The standard InChI is InChI=1S/C13H24N4O/c1-9(2)5-13-15-12(16-18-13)8-17-7-10(3)14-6-11(17)4/h9-11,14H,5-8H2,1-4H3. The van der Waals surface area contributed by atoms with Crippen LogP contribution in [-0.2, 0) is 13.0 Å². The Morgan fingerprint density at radius 1 is 1.44 bits per heavy atom. The van der Waals surface area contributed by atoms with Crippen LogP contribution in [0.25, 0.3) is 0 Å². The molecule has 1 fully saturated rings. The van der Waals surface area contributed by atoms with Gasteiger partial charge in [-0.15, -0.1) is 0 Å². The number of nitrogens with one attached hydrogen (secondary N) is 1. The van der Waals surface area contributed by atoms with Crippen LogP contribution in [0.2, 0.25) is 0 Å². The molecule has 2 atom stereocenters. The fourth-order valence-corrected chi connectivity index (χ4v) is 2.29. The maximum Gasteiger partial charge on any atom is 0.226 e. The van der Waals surface area contributed by atoms with Crippen molar-refractivity contribution in [2.24, 2.45) is 5.92 Å². The van der Waals surface area contributed by atoms with Gasteiger partial charge in [0, 0.05) is 31.6 Å². The van der Waals surface area contributed by atoms with Gasteiger partial charge in [0.25, 0.3) is 0 Å². The molecule has 18 heavy (non-hydrogen) atoms. The number of piperazine rings is 1. The van der Waals surface area contributed by atoms with E-state index in [4.69, 9.17) is 4.52 Å². The van der Waals surface area contributed by atoms with Crippen LogP contribution in [0.3, 0.4) is 0 Å². The normalized spacial score (nSPS) is 25.8. The molecule has 102 valence electrons. The zero-order valence-electron chi connectivity index (χ0n) is 11.8. The van der Waals surface area contributed by atoms with Crippen molar-refractivity contribution in [3.05, 3.63) is 11.7 Å². The highest BCUT2D eigenvalue weighted by Crippen LogP contribution is 2.12. The molecule has 1 aliphatic rings. The predicted molar refractivity (Wildman–Crippen MR) is 70.2 cm³/mol. The first-order valence-corrected chi connectivity index (χ1v) is 6.83. The number of aromatic nitrogens is 2. The van der Waals surface area contributed by atoms with Crippen molar-refractivity contribution in [1.82, 2.24) is 20.4 Å². The molecule has 0 amide bonds. The molecule has 1 aliphatic heterocycles. The molecule has 2 unspecified atom stereocenters. The molecular formula is C13H24N4O. The highest BCUT2D eigenvalue weighted by molar-refractivity contribution is 4.90. The van der Waals surface area contributed by atoms with E-state index in [9.17, 15) is 0 Å². The topological polar surface area (TPSA) is 54.2 Å². The van der Waals surface area contributed by atoms with E-state index >= 15 is 0 Å². The van der Waals surface area contributed by atoms with Crippen LogP contribution >= 0.6 is 0 Å². The highest BCUT2D eigenvalue weighted by atomic mass is 16.5. The Morgan fingerprint density at radius 2 is 2.22 bits per heavy atom. The van der Waals surface area contributed by atoms with E-state index < -0.39 is 0 Å². The predicted octanol–water partition coefficient (Wildman–Crippen LogP) is 1.45. The molecular weight excluding hydrogens is 228 g/mol. The summed E-state index contributed by atoms with van der Waals surface area (Å²) in [5, 5.41) is 7.55. The van der Waals surface area contributed by atoms with Crippen LogP contribution in [0.4, 0.5) is 0 Å². The van der Waals surface area contributed by atoms with Gasteiger partial charge in [-0.25, -0.2) is 0 Å². The first kappa shape index (κ1) is 13.5. The summed E-state index contributed by atoms with van der Waals surface area (Å²) in [5.41, 5.74) is 0. The van der Waals surface area contributed by atoms with Crippen molar-refractivity contribution >= 4 is 0 Å². The van der Waals surface area contributed by atoms with Crippen molar-refractivity contribution in [3.8, 4) is 0 Å². The Kier molecular flexibility index (Phi) is 4.35. The summed E-state index contributed by atoms with van der Waals surface area (Å²) in [6, 6.07) is 1.05. The molecule has 0 aromatic carbocycles. The van der Waals surface area contributed by atoms with Crippen LogP contribution in [-0.4, -0.2) is 40.2 Å². The van der Waals surface area contributed by atoms with Crippen molar-refractivity contribution in [1.29, 1.82) is 0 Å². The Labute approximate surface area is 109 Å². The number of nitrogens with zero attached hydrogens (tertiary/aromatic N) is 3. The average molecular weight is 252 g/mol. The van der Waals surface area contributed by atoms with Crippen LogP contribution < -0.4 is 5.32 Å². The SMILES string of the molecule is CC(C)Cc1nc(CN2CC(C)NCC2C)no1. The van der Waals surface area contributed by atoms with Crippen molar-refractivity contribution in [2.45, 2.75) is 52.7 Å². The summed E-state index contributed by atoms with van der Waals surface area (Å²) in [7, 11) is 0. The molecule has 2 heterocycles. The number of hydrogen-bond donors (Lipinski definition) is 1. The monoisotopic (exact) mass is 252 g/mol. The minimum Gasteiger partial charge on any atom is -0.339 e. The van der Waals surface area contributed by atoms with Gasteiger partial charge in [-0.3, -0.25) is 4.90 Å². The van der Waals surface area contributed by atoms with Gasteiger partial charge in [-0.1, -0.05) is 19.0 Å². The lowest BCUT2D eigenvalue weighted by Crippen LogP contribution is -2.53. The maximum atomic E-state index is 5.28. The van der Waals surface area contributed by atoms with Gasteiger partial charge in [0.1, 0.15) is 0 Å².